The summed E-state index contributed by atoms with van der Waals surface area (Å²) in [4.78, 5) is 28.5. The minimum Gasteiger partial charge on any atom is -0.408 e. The van der Waals surface area contributed by atoms with Gasteiger partial charge in [-0.2, -0.15) is 0 Å². The second-order valence-electron chi connectivity index (χ2n) is 8.67. The largest absolute Gasteiger partial charge is 0.408 e. The third-order valence-corrected chi connectivity index (χ3v) is 6.89. The van der Waals surface area contributed by atoms with E-state index in [0.717, 1.165) is 57.2 Å². The van der Waals surface area contributed by atoms with Gasteiger partial charge in [0.25, 0.3) is 11.1 Å². The third-order valence-electron chi connectivity index (χ3n) is 6.09. The van der Waals surface area contributed by atoms with E-state index >= 15 is 0 Å². The first-order valence-corrected chi connectivity index (χ1v) is 12.0. The Morgan fingerprint density at radius 1 is 1.07 bits per heavy atom. The number of thioether (sulfide) groups is 1. The summed E-state index contributed by atoms with van der Waals surface area (Å²) in [6, 6.07) is 0. The number of rotatable bonds is 8. The Morgan fingerprint density at radius 3 is 2.33 bits per heavy atom. The van der Waals surface area contributed by atoms with Gasteiger partial charge in [-0.15, -0.1) is 22.6 Å². The van der Waals surface area contributed by atoms with E-state index in [9.17, 15) is 9.59 Å². The van der Waals surface area contributed by atoms with Gasteiger partial charge >= 0.3 is 0 Å². The molecule has 1 heterocycles. The zero-order chi connectivity index (χ0) is 20.7. The van der Waals surface area contributed by atoms with E-state index < -0.39 is 5.54 Å². The first-order chi connectivity index (χ1) is 14.0. The maximum Gasteiger partial charge on any atom is 0.287 e. The summed E-state index contributed by atoms with van der Waals surface area (Å²) in [7, 11) is 4.01. The van der Waals surface area contributed by atoms with E-state index in [2.05, 4.69) is 20.4 Å². The lowest BCUT2D eigenvalue weighted by molar-refractivity contribution is -0.127. The quantitative estimate of drug-likeness (QED) is 0.356. The molecule has 170 valence electrons. The van der Waals surface area contributed by atoms with Crippen LogP contribution in [0.5, 0.6) is 0 Å². The molecule has 0 atom stereocenters. The van der Waals surface area contributed by atoms with Crippen molar-refractivity contribution in [3.63, 3.8) is 0 Å². The molecular formula is C21H35ClN4O3S. The van der Waals surface area contributed by atoms with Gasteiger partial charge in [0.15, 0.2) is 0 Å². The standard InChI is InChI=1S/C21H34N4O3S.ClH/c1-25(2)14-15-29-20-24-23-19(28-20)17(26)21(12-8-5-9-13-21)22-18(27)16-10-6-3-4-7-11-16;/h16H,3-15H2,1-2H3,(H,22,27);1H. The highest BCUT2D eigenvalue weighted by molar-refractivity contribution is 7.99. The number of carbonyl (C=O) groups is 2. The molecule has 3 rings (SSSR count). The Balaban J connectivity index is 0.00000320. The fourth-order valence-corrected chi connectivity index (χ4v) is 5.19. The molecular weight excluding hydrogens is 424 g/mol. The first kappa shape index (κ1) is 25.1. The first-order valence-electron chi connectivity index (χ1n) is 11.0. The molecule has 7 nitrogen and oxygen atoms in total. The predicted molar refractivity (Wildman–Crippen MR) is 120 cm³/mol. The van der Waals surface area contributed by atoms with E-state index in [0.29, 0.717) is 18.1 Å². The smallest absolute Gasteiger partial charge is 0.287 e. The van der Waals surface area contributed by atoms with Gasteiger partial charge < -0.3 is 14.6 Å². The SMILES string of the molecule is CN(C)CCSc1nnc(C(=O)C2(NC(=O)C3CCCCCC3)CCCCC2)o1.Cl. The third kappa shape index (κ3) is 6.69. The lowest BCUT2D eigenvalue weighted by atomic mass is 9.77. The number of amides is 1. The Labute approximate surface area is 189 Å². The van der Waals surface area contributed by atoms with Gasteiger partial charge in [-0.05, 0) is 39.8 Å². The van der Waals surface area contributed by atoms with Crippen molar-refractivity contribution in [2.75, 3.05) is 26.4 Å². The predicted octanol–water partition coefficient (Wildman–Crippen LogP) is 4.12. The molecule has 2 fully saturated rings. The second kappa shape index (κ2) is 12.1. The molecule has 1 aromatic heterocycles. The van der Waals surface area contributed by atoms with Crippen LogP contribution in [0, 0.1) is 5.92 Å². The van der Waals surface area contributed by atoms with E-state index in [1.807, 2.05) is 14.1 Å². The average Bonchev–Trinajstić information content (AvgIpc) is 3.00. The van der Waals surface area contributed by atoms with Gasteiger partial charge in [-0.1, -0.05) is 56.7 Å². The summed E-state index contributed by atoms with van der Waals surface area (Å²) in [5.74, 6) is 0.671. The maximum atomic E-state index is 13.4. The average molecular weight is 459 g/mol. The molecule has 0 bridgehead atoms. The Hall–Kier alpha value is -1.12. The summed E-state index contributed by atoms with van der Waals surface area (Å²) < 4.78 is 5.67. The van der Waals surface area contributed by atoms with Crippen molar-refractivity contribution in [3.05, 3.63) is 5.89 Å². The summed E-state index contributed by atoms with van der Waals surface area (Å²) >= 11 is 1.45. The summed E-state index contributed by atoms with van der Waals surface area (Å²) in [5, 5.41) is 11.6. The molecule has 0 aliphatic heterocycles. The van der Waals surface area contributed by atoms with Gasteiger partial charge in [-0.3, -0.25) is 9.59 Å². The molecule has 0 radical (unpaired) electrons. The highest BCUT2D eigenvalue weighted by Crippen LogP contribution is 2.33. The van der Waals surface area contributed by atoms with Crippen LogP contribution in [0.2, 0.25) is 0 Å². The Kier molecular flexibility index (Phi) is 10.1. The zero-order valence-electron chi connectivity index (χ0n) is 18.2. The van der Waals surface area contributed by atoms with Crippen LogP contribution < -0.4 is 5.32 Å². The minimum atomic E-state index is -0.889. The number of halogens is 1. The molecule has 2 saturated carbocycles. The van der Waals surface area contributed by atoms with Crippen molar-refractivity contribution in [3.8, 4) is 0 Å². The topological polar surface area (TPSA) is 88.3 Å². The lowest BCUT2D eigenvalue weighted by Gasteiger charge is -2.36. The van der Waals surface area contributed by atoms with Crippen molar-refractivity contribution in [2.24, 2.45) is 5.92 Å². The second-order valence-corrected chi connectivity index (χ2v) is 9.72. The molecule has 2 aliphatic carbocycles. The number of ketones is 1. The van der Waals surface area contributed by atoms with Crippen LogP contribution in [0.3, 0.4) is 0 Å². The van der Waals surface area contributed by atoms with Gasteiger partial charge in [0, 0.05) is 18.2 Å². The monoisotopic (exact) mass is 458 g/mol. The van der Waals surface area contributed by atoms with E-state index in [1.54, 1.807) is 0 Å². The molecule has 0 saturated heterocycles. The summed E-state index contributed by atoms with van der Waals surface area (Å²) in [6.07, 6.45) is 10.7. The van der Waals surface area contributed by atoms with Crippen molar-refractivity contribution >= 4 is 35.9 Å². The van der Waals surface area contributed by atoms with Crippen molar-refractivity contribution in [1.29, 1.82) is 0 Å². The number of hydrogen-bond acceptors (Lipinski definition) is 7. The minimum absolute atomic E-state index is 0. The summed E-state index contributed by atoms with van der Waals surface area (Å²) in [5.41, 5.74) is -0.889. The van der Waals surface area contributed by atoms with Gasteiger partial charge in [0.05, 0.1) is 0 Å². The number of aromatic nitrogens is 2. The van der Waals surface area contributed by atoms with Crippen molar-refractivity contribution in [1.82, 2.24) is 20.4 Å². The van der Waals surface area contributed by atoms with Crippen molar-refractivity contribution < 1.29 is 14.0 Å². The van der Waals surface area contributed by atoms with Crippen LogP contribution >= 0.6 is 24.2 Å². The summed E-state index contributed by atoms with van der Waals surface area (Å²) in [6.45, 7) is 0.887. The normalized spacial score (nSPS) is 19.7. The molecule has 1 aromatic rings. The van der Waals surface area contributed by atoms with Crippen LogP contribution in [0.4, 0.5) is 0 Å². The molecule has 0 spiro atoms. The lowest BCUT2D eigenvalue weighted by Crippen LogP contribution is -2.57. The molecule has 1 amide bonds. The molecule has 2 aliphatic rings. The van der Waals surface area contributed by atoms with E-state index in [4.69, 9.17) is 4.42 Å². The fourth-order valence-electron chi connectivity index (χ4n) is 4.32. The molecule has 0 unspecified atom stereocenters. The fraction of sp³-hybridized carbons (Fsp3) is 0.810. The molecule has 1 N–H and O–H groups in total. The highest BCUT2D eigenvalue weighted by Gasteiger charge is 2.44. The molecule has 9 heteroatoms. The van der Waals surface area contributed by atoms with E-state index in [1.165, 1.54) is 24.6 Å². The van der Waals surface area contributed by atoms with Crippen molar-refractivity contribution in [2.45, 2.75) is 81.4 Å². The Morgan fingerprint density at radius 2 is 1.70 bits per heavy atom. The van der Waals surface area contributed by atoms with Gasteiger partial charge in [-0.25, -0.2) is 0 Å². The number of Topliss-reactive ketones (excluding diaryl/α,β-unsaturated/α-hetero) is 1. The molecule has 30 heavy (non-hydrogen) atoms. The number of nitrogens with one attached hydrogen (secondary N) is 1. The number of nitrogens with zero attached hydrogens (tertiary/aromatic N) is 3. The Bertz CT molecular complexity index is 684. The highest BCUT2D eigenvalue weighted by atomic mass is 35.5. The van der Waals surface area contributed by atoms with Gasteiger partial charge in [0.1, 0.15) is 5.54 Å². The maximum absolute atomic E-state index is 13.4. The van der Waals surface area contributed by atoms with Crippen LogP contribution in [-0.2, 0) is 4.79 Å². The van der Waals surface area contributed by atoms with E-state index in [-0.39, 0.29) is 35.9 Å². The van der Waals surface area contributed by atoms with Gasteiger partial charge in [0.2, 0.25) is 11.7 Å². The number of carbonyl (C=O) groups excluding carboxylic acids is 2. The van der Waals surface area contributed by atoms with Crippen LogP contribution in [0.1, 0.15) is 81.3 Å². The van der Waals surface area contributed by atoms with Crippen LogP contribution in [0.15, 0.2) is 9.64 Å². The molecule has 0 aromatic carbocycles. The van der Waals surface area contributed by atoms with Crippen LogP contribution in [0.25, 0.3) is 0 Å². The van der Waals surface area contributed by atoms with Crippen LogP contribution in [-0.4, -0.2) is 58.7 Å². The number of hydrogen-bond donors (Lipinski definition) is 1. The zero-order valence-corrected chi connectivity index (χ0v) is 19.8.